The number of ether oxygens (including phenoxy) is 1. The number of benzene rings is 1. The number of oxime groups is 1. The molecule has 136 valence electrons. The third-order valence-electron chi connectivity index (χ3n) is 3.69. The lowest BCUT2D eigenvalue weighted by molar-refractivity contribution is -0.126. The summed E-state index contributed by atoms with van der Waals surface area (Å²) < 4.78 is 5.25. The first-order chi connectivity index (χ1) is 11.6. The van der Waals surface area contributed by atoms with E-state index in [1.165, 1.54) is 11.0 Å². The van der Waals surface area contributed by atoms with Gasteiger partial charge in [0.2, 0.25) is 0 Å². The maximum Gasteiger partial charge on any atom is 0.410 e. The number of nitrogens with zero attached hydrogens (tertiary/aromatic N) is 2. The van der Waals surface area contributed by atoms with E-state index in [4.69, 9.17) is 27.9 Å². The van der Waals surface area contributed by atoms with Crippen molar-refractivity contribution in [3.8, 4) is 0 Å². The fourth-order valence-corrected chi connectivity index (χ4v) is 2.89. The minimum absolute atomic E-state index is 0.0787. The second-order valence-electron chi connectivity index (χ2n) is 6.90. The molecule has 1 aromatic rings. The van der Waals surface area contributed by atoms with E-state index in [2.05, 4.69) is 5.16 Å². The summed E-state index contributed by atoms with van der Waals surface area (Å²) in [6.07, 6.45) is -0.515. The number of amides is 1. The third-order valence-corrected chi connectivity index (χ3v) is 4.24. The molecule has 0 bridgehead atoms. The molecule has 1 amide bonds. The van der Waals surface area contributed by atoms with Crippen molar-refractivity contribution in [2.24, 2.45) is 11.1 Å². The first-order valence-corrected chi connectivity index (χ1v) is 8.53. The summed E-state index contributed by atoms with van der Waals surface area (Å²) in [5, 5.41) is 13.2. The molecular formula is C17H20Cl2N2O4. The zero-order valence-electron chi connectivity index (χ0n) is 14.3. The Hall–Kier alpha value is -1.79. The topological polar surface area (TPSA) is 79.2 Å². The molecule has 6 nitrogen and oxygen atoms in total. The van der Waals surface area contributed by atoms with Crippen LogP contribution in [-0.2, 0) is 9.53 Å². The van der Waals surface area contributed by atoms with Gasteiger partial charge in [-0.05, 0) is 32.9 Å². The van der Waals surface area contributed by atoms with Gasteiger partial charge in [0.25, 0.3) is 0 Å². The number of Topliss-reactive ketones (excluding diaryl/α,β-unsaturated/α-hetero) is 1. The predicted octanol–water partition coefficient (Wildman–Crippen LogP) is 4.00. The van der Waals surface area contributed by atoms with E-state index in [0.717, 1.165) is 0 Å². The van der Waals surface area contributed by atoms with Crippen LogP contribution in [0, 0.1) is 5.92 Å². The molecule has 25 heavy (non-hydrogen) atoms. The first-order valence-electron chi connectivity index (χ1n) is 7.77. The summed E-state index contributed by atoms with van der Waals surface area (Å²) in [6.45, 7) is 5.94. The normalized spacial score (nSPS) is 15.7. The minimum Gasteiger partial charge on any atom is -0.444 e. The maximum absolute atomic E-state index is 12.4. The molecule has 1 aliphatic rings. The van der Waals surface area contributed by atoms with Crippen LogP contribution in [0.2, 0.25) is 10.0 Å². The molecular weight excluding hydrogens is 367 g/mol. The molecule has 2 rings (SSSR count). The largest absolute Gasteiger partial charge is 0.444 e. The van der Waals surface area contributed by atoms with Gasteiger partial charge in [-0.15, -0.1) is 0 Å². The van der Waals surface area contributed by atoms with Crippen molar-refractivity contribution in [1.29, 1.82) is 0 Å². The van der Waals surface area contributed by atoms with Gasteiger partial charge in [0.1, 0.15) is 11.4 Å². The van der Waals surface area contributed by atoms with E-state index in [1.54, 1.807) is 32.9 Å². The van der Waals surface area contributed by atoms with Gasteiger partial charge in [-0.3, -0.25) is 4.79 Å². The van der Waals surface area contributed by atoms with Crippen LogP contribution in [0.3, 0.4) is 0 Å². The average molecular weight is 387 g/mol. The fraction of sp³-hybridized carbons (Fsp3) is 0.471. The smallest absolute Gasteiger partial charge is 0.410 e. The summed E-state index contributed by atoms with van der Waals surface area (Å²) in [5.41, 5.74) is 0.0430. The highest BCUT2D eigenvalue weighted by Gasteiger charge is 2.38. The van der Waals surface area contributed by atoms with Gasteiger partial charge in [0, 0.05) is 23.7 Å². The van der Waals surface area contributed by atoms with Crippen molar-refractivity contribution in [3.63, 3.8) is 0 Å². The van der Waals surface area contributed by atoms with Crippen LogP contribution in [0.5, 0.6) is 0 Å². The lowest BCUT2D eigenvalue weighted by Crippen LogP contribution is -2.54. The number of hydrogen-bond donors (Lipinski definition) is 1. The summed E-state index contributed by atoms with van der Waals surface area (Å²) in [6, 6.07) is 4.72. The lowest BCUT2D eigenvalue weighted by atomic mass is 9.91. The van der Waals surface area contributed by atoms with E-state index in [9.17, 15) is 14.8 Å². The first kappa shape index (κ1) is 19.5. The average Bonchev–Trinajstić information content (AvgIpc) is 2.41. The number of ketones is 1. The Morgan fingerprint density at radius 2 is 1.96 bits per heavy atom. The van der Waals surface area contributed by atoms with Crippen molar-refractivity contribution in [2.45, 2.75) is 32.8 Å². The Morgan fingerprint density at radius 3 is 2.48 bits per heavy atom. The molecule has 0 aromatic heterocycles. The summed E-state index contributed by atoms with van der Waals surface area (Å²) in [4.78, 5) is 25.7. The monoisotopic (exact) mass is 386 g/mol. The van der Waals surface area contributed by atoms with Gasteiger partial charge in [0.15, 0.2) is 0 Å². The molecule has 0 saturated carbocycles. The van der Waals surface area contributed by atoms with Gasteiger partial charge < -0.3 is 14.8 Å². The molecule has 1 heterocycles. The van der Waals surface area contributed by atoms with Crippen molar-refractivity contribution in [2.75, 3.05) is 13.1 Å². The van der Waals surface area contributed by atoms with Crippen molar-refractivity contribution < 1.29 is 19.5 Å². The number of hydrogen-bond acceptors (Lipinski definition) is 5. The molecule has 1 aromatic carbocycles. The highest BCUT2D eigenvalue weighted by atomic mass is 35.5. The summed E-state index contributed by atoms with van der Waals surface area (Å²) >= 11 is 11.9. The van der Waals surface area contributed by atoms with Gasteiger partial charge in [0.05, 0.1) is 23.1 Å². The number of likely N-dealkylation sites (tertiary alicyclic amines) is 1. The summed E-state index contributed by atoms with van der Waals surface area (Å²) in [7, 11) is 0. The van der Waals surface area contributed by atoms with Crippen LogP contribution < -0.4 is 0 Å². The third kappa shape index (κ3) is 5.09. The minimum atomic E-state index is -0.575. The Kier molecular flexibility index (Phi) is 5.95. The van der Waals surface area contributed by atoms with E-state index < -0.39 is 11.7 Å². The molecule has 0 spiro atoms. The molecule has 1 N–H and O–H groups in total. The molecule has 0 unspecified atom stereocenters. The molecule has 0 aliphatic carbocycles. The van der Waals surface area contributed by atoms with Crippen LogP contribution in [0.25, 0.3) is 0 Å². The molecule has 0 radical (unpaired) electrons. The Labute approximate surface area is 156 Å². The van der Waals surface area contributed by atoms with Gasteiger partial charge in [-0.25, -0.2) is 4.79 Å². The van der Waals surface area contributed by atoms with Crippen LogP contribution in [0.4, 0.5) is 4.79 Å². The number of halogens is 2. The van der Waals surface area contributed by atoms with Crippen molar-refractivity contribution in [3.05, 3.63) is 33.8 Å². The van der Waals surface area contributed by atoms with Crippen LogP contribution in [-0.4, -0.2) is 46.4 Å². The van der Waals surface area contributed by atoms with Crippen LogP contribution >= 0.6 is 23.2 Å². The van der Waals surface area contributed by atoms with Crippen molar-refractivity contribution in [1.82, 2.24) is 4.90 Å². The number of rotatable bonds is 4. The zero-order valence-corrected chi connectivity index (χ0v) is 15.8. The lowest BCUT2D eigenvalue weighted by Gasteiger charge is -2.38. The molecule has 1 saturated heterocycles. The highest BCUT2D eigenvalue weighted by molar-refractivity contribution is 6.37. The maximum atomic E-state index is 12.4. The summed E-state index contributed by atoms with van der Waals surface area (Å²) in [5.74, 6) is -0.436. The molecule has 1 aliphatic heterocycles. The Bertz CT molecular complexity index is 707. The van der Waals surface area contributed by atoms with Gasteiger partial charge in [-0.2, -0.15) is 0 Å². The number of carbonyl (C=O) groups is 2. The van der Waals surface area contributed by atoms with E-state index >= 15 is 0 Å². The molecule has 8 heteroatoms. The van der Waals surface area contributed by atoms with Crippen LogP contribution in [0.15, 0.2) is 23.4 Å². The second kappa shape index (κ2) is 7.62. The quantitative estimate of drug-likeness (QED) is 0.481. The van der Waals surface area contributed by atoms with Crippen molar-refractivity contribution >= 4 is 40.8 Å². The second-order valence-corrected chi connectivity index (χ2v) is 7.74. The molecule has 1 fully saturated rings. The standard InChI is InChI=1S/C17H20Cl2N2O4/c1-17(2,3)25-16(23)21-8-10(9-21)15(22)7-14(20-24)12-5-4-11(18)6-13(12)19/h4-6,10,24H,7-9H2,1-3H3/b20-14+. The number of carbonyl (C=O) groups excluding carboxylic acids is 2. The molecule has 0 atom stereocenters. The van der Waals surface area contributed by atoms with E-state index in [-0.39, 0.29) is 23.8 Å². The Balaban J connectivity index is 1.93. The SMILES string of the molecule is CC(C)(C)OC(=O)N1CC(C(=O)C/C(=N\O)c2ccc(Cl)cc2Cl)C1. The zero-order chi connectivity index (χ0) is 18.8. The Morgan fingerprint density at radius 1 is 1.32 bits per heavy atom. The van der Waals surface area contributed by atoms with Gasteiger partial charge in [-0.1, -0.05) is 34.4 Å². The van der Waals surface area contributed by atoms with Gasteiger partial charge >= 0.3 is 6.09 Å². The highest BCUT2D eigenvalue weighted by Crippen LogP contribution is 2.25. The predicted molar refractivity (Wildman–Crippen MR) is 95.7 cm³/mol. The van der Waals surface area contributed by atoms with E-state index in [0.29, 0.717) is 28.7 Å². The van der Waals surface area contributed by atoms with E-state index in [1.807, 2.05) is 0 Å². The van der Waals surface area contributed by atoms with Crippen LogP contribution in [0.1, 0.15) is 32.8 Å². The fourth-order valence-electron chi connectivity index (χ4n) is 2.38.